The fourth-order valence-corrected chi connectivity index (χ4v) is 3.32. The zero-order valence-corrected chi connectivity index (χ0v) is 14.8. The van der Waals surface area contributed by atoms with Gasteiger partial charge in [-0.3, -0.25) is 4.90 Å². The molecular formula is C17H27BrN2. The Bertz CT molecular complexity index is 462. The molecule has 2 nitrogen and oxygen atoms in total. The van der Waals surface area contributed by atoms with Crippen LogP contribution >= 0.6 is 15.9 Å². The van der Waals surface area contributed by atoms with Crippen molar-refractivity contribution in [2.45, 2.75) is 58.2 Å². The third kappa shape index (κ3) is 3.44. The average Bonchev–Trinajstić information content (AvgIpc) is 2.43. The summed E-state index contributed by atoms with van der Waals surface area (Å²) < 4.78 is 1.17. The maximum atomic E-state index is 3.76. The summed E-state index contributed by atoms with van der Waals surface area (Å²) in [6.07, 6.45) is 2.34. The van der Waals surface area contributed by atoms with Gasteiger partial charge in [0, 0.05) is 35.2 Å². The smallest absolute Gasteiger partial charge is 0.0307 e. The monoisotopic (exact) mass is 338 g/mol. The van der Waals surface area contributed by atoms with Crippen LogP contribution in [0.3, 0.4) is 0 Å². The highest BCUT2D eigenvalue weighted by molar-refractivity contribution is 9.10. The Morgan fingerprint density at radius 1 is 1.25 bits per heavy atom. The van der Waals surface area contributed by atoms with E-state index in [0.717, 1.165) is 19.6 Å². The number of piperazine rings is 1. The third-order valence-corrected chi connectivity index (χ3v) is 5.50. The Morgan fingerprint density at radius 3 is 2.60 bits per heavy atom. The van der Waals surface area contributed by atoms with Gasteiger partial charge >= 0.3 is 0 Å². The van der Waals surface area contributed by atoms with Crippen LogP contribution in [-0.2, 0) is 6.54 Å². The molecular weight excluding hydrogens is 312 g/mol. The fraction of sp³-hybridized carbons (Fsp3) is 0.647. The van der Waals surface area contributed by atoms with Crippen molar-refractivity contribution in [1.82, 2.24) is 10.2 Å². The second-order valence-corrected chi connectivity index (χ2v) is 7.52. The largest absolute Gasteiger partial charge is 0.308 e. The molecule has 1 aliphatic rings. The molecule has 0 spiro atoms. The molecule has 3 heteroatoms. The third-order valence-electron chi connectivity index (χ3n) is 5.00. The van der Waals surface area contributed by atoms with Crippen LogP contribution in [0.25, 0.3) is 0 Å². The lowest BCUT2D eigenvalue weighted by Crippen LogP contribution is -2.67. The van der Waals surface area contributed by atoms with Crippen molar-refractivity contribution >= 4 is 15.9 Å². The number of hydrogen-bond acceptors (Lipinski definition) is 2. The van der Waals surface area contributed by atoms with Crippen LogP contribution in [0.1, 0.15) is 46.1 Å². The van der Waals surface area contributed by atoms with Crippen molar-refractivity contribution in [3.8, 4) is 0 Å². The van der Waals surface area contributed by atoms with Gasteiger partial charge in [0.15, 0.2) is 0 Å². The minimum absolute atomic E-state index is 0.237. The lowest BCUT2D eigenvalue weighted by Gasteiger charge is -2.52. The average molecular weight is 339 g/mol. The molecule has 1 aliphatic heterocycles. The van der Waals surface area contributed by atoms with Gasteiger partial charge in [-0.2, -0.15) is 0 Å². The molecule has 0 radical (unpaired) electrons. The first kappa shape index (κ1) is 16.0. The molecule has 0 bridgehead atoms. The van der Waals surface area contributed by atoms with Gasteiger partial charge in [0.05, 0.1) is 0 Å². The van der Waals surface area contributed by atoms with E-state index in [9.17, 15) is 0 Å². The molecule has 1 saturated heterocycles. The van der Waals surface area contributed by atoms with Gasteiger partial charge < -0.3 is 5.32 Å². The minimum Gasteiger partial charge on any atom is -0.308 e. The van der Waals surface area contributed by atoms with E-state index >= 15 is 0 Å². The molecule has 1 N–H and O–H groups in total. The second-order valence-electron chi connectivity index (χ2n) is 6.60. The number of benzene rings is 1. The van der Waals surface area contributed by atoms with Crippen molar-refractivity contribution in [1.29, 1.82) is 0 Å². The van der Waals surface area contributed by atoms with Gasteiger partial charge in [-0.15, -0.1) is 0 Å². The van der Waals surface area contributed by atoms with Gasteiger partial charge in [-0.05, 0) is 44.4 Å². The number of nitrogens with one attached hydrogen (secondary N) is 1. The first-order valence-electron chi connectivity index (χ1n) is 7.65. The summed E-state index contributed by atoms with van der Waals surface area (Å²) in [5, 5.41) is 3.76. The molecule has 2 rings (SSSR count). The van der Waals surface area contributed by atoms with Crippen LogP contribution in [0, 0.1) is 0 Å². The Balaban J connectivity index is 2.20. The summed E-state index contributed by atoms with van der Waals surface area (Å²) in [5.74, 6) is 0. The number of rotatable bonds is 4. The Kier molecular flexibility index (Phi) is 4.93. The summed E-state index contributed by atoms with van der Waals surface area (Å²) in [7, 11) is 0. The first-order valence-corrected chi connectivity index (χ1v) is 8.44. The van der Waals surface area contributed by atoms with Crippen molar-refractivity contribution in [3.05, 3.63) is 34.3 Å². The fourth-order valence-electron chi connectivity index (χ4n) is 2.87. The van der Waals surface area contributed by atoms with E-state index in [2.05, 4.69) is 78.1 Å². The highest BCUT2D eigenvalue weighted by atomic mass is 79.9. The molecule has 0 aliphatic carbocycles. The first-order chi connectivity index (χ1) is 9.41. The van der Waals surface area contributed by atoms with E-state index < -0.39 is 0 Å². The highest BCUT2D eigenvalue weighted by Crippen LogP contribution is 2.30. The van der Waals surface area contributed by atoms with Crippen LogP contribution in [0.15, 0.2) is 28.7 Å². The summed E-state index contributed by atoms with van der Waals surface area (Å²) in [4.78, 5) is 2.66. The van der Waals surface area contributed by atoms with Gasteiger partial charge in [0.1, 0.15) is 0 Å². The van der Waals surface area contributed by atoms with Crippen LogP contribution in [-0.4, -0.2) is 29.1 Å². The van der Waals surface area contributed by atoms with Gasteiger partial charge in [0.2, 0.25) is 0 Å². The van der Waals surface area contributed by atoms with Gasteiger partial charge in [-0.1, -0.05) is 41.9 Å². The Labute approximate surface area is 132 Å². The summed E-state index contributed by atoms with van der Waals surface area (Å²) >= 11 is 3.58. The standard InChI is InChI=1S/C17H27BrN2/c1-5-16(3)13-20(17(4,6-2)12-19-16)11-14-8-7-9-15(18)10-14/h7-10,19H,5-6,11-13H2,1-4H3. The van der Waals surface area contributed by atoms with Crippen molar-refractivity contribution in [3.63, 3.8) is 0 Å². The SMILES string of the molecule is CCC1(C)CN(Cc2cccc(Br)c2)C(C)(CC)CN1. The topological polar surface area (TPSA) is 15.3 Å². The lowest BCUT2D eigenvalue weighted by molar-refractivity contribution is 0.0104. The van der Waals surface area contributed by atoms with Crippen molar-refractivity contribution in [2.24, 2.45) is 0 Å². The quantitative estimate of drug-likeness (QED) is 0.885. The molecule has 1 fully saturated rings. The molecule has 0 saturated carbocycles. The molecule has 0 aromatic heterocycles. The Morgan fingerprint density at radius 2 is 2.00 bits per heavy atom. The second kappa shape index (κ2) is 6.17. The summed E-state index contributed by atoms with van der Waals surface area (Å²) in [5.41, 5.74) is 1.87. The zero-order chi connectivity index (χ0) is 14.8. The zero-order valence-electron chi connectivity index (χ0n) is 13.2. The number of hydrogen-bond donors (Lipinski definition) is 1. The molecule has 0 amide bonds. The molecule has 2 unspecified atom stereocenters. The van der Waals surface area contributed by atoms with Crippen LogP contribution in [0.4, 0.5) is 0 Å². The summed E-state index contributed by atoms with van der Waals surface area (Å²) in [6.45, 7) is 12.5. The predicted octanol–water partition coefficient (Wildman–Crippen LogP) is 4.19. The lowest BCUT2D eigenvalue weighted by atomic mass is 9.85. The molecule has 1 heterocycles. The molecule has 1 aromatic rings. The maximum absolute atomic E-state index is 3.76. The van der Waals surface area contributed by atoms with E-state index in [1.165, 1.54) is 22.9 Å². The van der Waals surface area contributed by atoms with Crippen molar-refractivity contribution < 1.29 is 0 Å². The van der Waals surface area contributed by atoms with E-state index in [1.807, 2.05) is 0 Å². The Hall–Kier alpha value is -0.380. The van der Waals surface area contributed by atoms with Gasteiger partial charge in [0.25, 0.3) is 0 Å². The number of halogens is 1. The van der Waals surface area contributed by atoms with E-state index in [-0.39, 0.29) is 11.1 Å². The minimum atomic E-state index is 0.237. The van der Waals surface area contributed by atoms with Crippen molar-refractivity contribution in [2.75, 3.05) is 13.1 Å². The van der Waals surface area contributed by atoms with E-state index in [0.29, 0.717) is 0 Å². The molecule has 2 atom stereocenters. The molecule has 1 aromatic carbocycles. The predicted molar refractivity (Wildman–Crippen MR) is 89.9 cm³/mol. The molecule has 20 heavy (non-hydrogen) atoms. The summed E-state index contributed by atoms with van der Waals surface area (Å²) in [6, 6.07) is 8.69. The molecule has 112 valence electrons. The maximum Gasteiger partial charge on any atom is 0.0307 e. The van der Waals surface area contributed by atoms with E-state index in [1.54, 1.807) is 0 Å². The van der Waals surface area contributed by atoms with Gasteiger partial charge in [-0.25, -0.2) is 0 Å². The van der Waals surface area contributed by atoms with E-state index in [4.69, 9.17) is 0 Å². The highest BCUT2D eigenvalue weighted by Gasteiger charge is 2.40. The van der Waals surface area contributed by atoms with Crippen LogP contribution in [0.5, 0.6) is 0 Å². The van der Waals surface area contributed by atoms with Crippen LogP contribution in [0.2, 0.25) is 0 Å². The normalized spacial score (nSPS) is 31.4. The van der Waals surface area contributed by atoms with Crippen LogP contribution < -0.4 is 5.32 Å². The number of nitrogens with zero attached hydrogens (tertiary/aromatic N) is 1.